The minimum Gasteiger partial charge on any atom is -0.348 e. The van der Waals surface area contributed by atoms with Crippen LogP contribution in [0, 0.1) is 5.92 Å². The fourth-order valence-electron chi connectivity index (χ4n) is 1.87. The molecular formula is C9H15ClF4N2O. The van der Waals surface area contributed by atoms with Crippen molar-refractivity contribution < 1.29 is 22.4 Å². The molecule has 0 aromatic heterocycles. The summed E-state index contributed by atoms with van der Waals surface area (Å²) in [6, 6.07) is -0.512. The number of amides is 1. The van der Waals surface area contributed by atoms with Crippen molar-refractivity contribution in [1.82, 2.24) is 5.32 Å². The molecule has 0 saturated heterocycles. The van der Waals surface area contributed by atoms with Crippen LogP contribution in [0.15, 0.2) is 0 Å². The second-order valence-electron chi connectivity index (χ2n) is 3.93. The summed E-state index contributed by atoms with van der Waals surface area (Å²) in [7, 11) is 0. The molecule has 1 amide bonds. The zero-order valence-electron chi connectivity index (χ0n) is 8.97. The summed E-state index contributed by atoms with van der Waals surface area (Å²) in [4.78, 5) is 10.9. The summed E-state index contributed by atoms with van der Waals surface area (Å²) in [5, 5.41) is 1.95. The van der Waals surface area contributed by atoms with Gasteiger partial charge in [-0.1, -0.05) is 6.42 Å². The average molecular weight is 279 g/mol. The first-order chi connectivity index (χ1) is 7.39. The lowest BCUT2D eigenvalue weighted by Gasteiger charge is -2.22. The quantitative estimate of drug-likeness (QED) is 0.767. The van der Waals surface area contributed by atoms with Crippen molar-refractivity contribution in [3.8, 4) is 0 Å². The predicted octanol–water partition coefficient (Wildman–Crippen LogP) is 1.55. The molecule has 1 saturated carbocycles. The monoisotopic (exact) mass is 278 g/mol. The molecule has 17 heavy (non-hydrogen) atoms. The van der Waals surface area contributed by atoms with Gasteiger partial charge < -0.3 is 11.1 Å². The van der Waals surface area contributed by atoms with Crippen LogP contribution in [0.25, 0.3) is 0 Å². The minimum absolute atomic E-state index is 0. The molecule has 102 valence electrons. The molecule has 1 fully saturated rings. The molecule has 2 unspecified atom stereocenters. The molecule has 0 heterocycles. The minimum atomic E-state index is -4.62. The van der Waals surface area contributed by atoms with Crippen LogP contribution in [0.3, 0.4) is 0 Å². The lowest BCUT2D eigenvalue weighted by molar-refractivity contribution is -0.170. The SMILES string of the molecule is Cl.NCC1CCCC1NC(=O)C(F)(F)C(F)F. The van der Waals surface area contributed by atoms with Gasteiger partial charge in [0.2, 0.25) is 0 Å². The van der Waals surface area contributed by atoms with Gasteiger partial charge in [0.1, 0.15) is 0 Å². The summed E-state index contributed by atoms with van der Waals surface area (Å²) in [5.41, 5.74) is 5.38. The van der Waals surface area contributed by atoms with Crippen molar-refractivity contribution in [1.29, 1.82) is 0 Å². The van der Waals surface area contributed by atoms with Crippen molar-refractivity contribution in [3.63, 3.8) is 0 Å². The number of hydrogen-bond donors (Lipinski definition) is 2. The zero-order valence-corrected chi connectivity index (χ0v) is 9.78. The largest absolute Gasteiger partial charge is 0.383 e. The van der Waals surface area contributed by atoms with Gasteiger partial charge in [-0.2, -0.15) is 8.78 Å². The van der Waals surface area contributed by atoms with E-state index in [1.165, 1.54) is 0 Å². The first-order valence-corrected chi connectivity index (χ1v) is 5.06. The highest BCUT2D eigenvalue weighted by Crippen LogP contribution is 2.27. The predicted molar refractivity (Wildman–Crippen MR) is 56.5 cm³/mol. The van der Waals surface area contributed by atoms with Crippen LogP contribution < -0.4 is 11.1 Å². The van der Waals surface area contributed by atoms with Crippen LogP contribution in [0.1, 0.15) is 19.3 Å². The molecule has 1 aliphatic carbocycles. The van der Waals surface area contributed by atoms with Crippen molar-refractivity contribution in [2.24, 2.45) is 11.7 Å². The van der Waals surface area contributed by atoms with Gasteiger partial charge in [-0.25, -0.2) is 8.78 Å². The molecule has 0 bridgehead atoms. The Labute approximate surface area is 103 Å². The number of hydrogen-bond acceptors (Lipinski definition) is 2. The van der Waals surface area contributed by atoms with Gasteiger partial charge >= 0.3 is 12.3 Å². The van der Waals surface area contributed by atoms with Crippen LogP contribution in [0.2, 0.25) is 0 Å². The first kappa shape index (κ1) is 16.4. The summed E-state index contributed by atoms with van der Waals surface area (Å²) in [6.45, 7) is 0.255. The van der Waals surface area contributed by atoms with Gasteiger partial charge in [-0.3, -0.25) is 4.79 Å². The van der Waals surface area contributed by atoms with Gasteiger partial charge in [0.15, 0.2) is 0 Å². The summed E-state index contributed by atoms with van der Waals surface area (Å²) in [6.07, 6.45) is -1.99. The second kappa shape index (κ2) is 6.39. The standard InChI is InChI=1S/C9H14F4N2O.ClH/c10-7(11)9(12,13)8(16)15-6-3-1-2-5(6)4-14;/h5-7H,1-4,14H2,(H,15,16);1H. The third-order valence-corrected chi connectivity index (χ3v) is 2.86. The zero-order chi connectivity index (χ0) is 12.3. The van der Waals surface area contributed by atoms with Crippen LogP contribution in [-0.4, -0.2) is 30.8 Å². The smallest absolute Gasteiger partial charge is 0.348 e. The Hall–Kier alpha value is -0.560. The maximum atomic E-state index is 12.6. The third kappa shape index (κ3) is 3.70. The number of rotatable bonds is 4. The molecule has 3 nitrogen and oxygen atoms in total. The van der Waals surface area contributed by atoms with Gasteiger partial charge in [0, 0.05) is 6.04 Å². The number of carbonyl (C=O) groups is 1. The lowest BCUT2D eigenvalue weighted by atomic mass is 10.0. The summed E-state index contributed by atoms with van der Waals surface area (Å²) >= 11 is 0. The van der Waals surface area contributed by atoms with Crippen LogP contribution in [-0.2, 0) is 4.79 Å². The van der Waals surface area contributed by atoms with Gasteiger partial charge in [0.25, 0.3) is 5.91 Å². The van der Waals surface area contributed by atoms with E-state index in [9.17, 15) is 22.4 Å². The van der Waals surface area contributed by atoms with E-state index in [4.69, 9.17) is 5.73 Å². The molecule has 0 aromatic carbocycles. The molecular weight excluding hydrogens is 264 g/mol. The van der Waals surface area contributed by atoms with Gasteiger partial charge in [-0.15, -0.1) is 12.4 Å². The summed E-state index contributed by atoms with van der Waals surface area (Å²) < 4.78 is 49.0. The van der Waals surface area contributed by atoms with E-state index >= 15 is 0 Å². The second-order valence-corrected chi connectivity index (χ2v) is 3.93. The molecule has 1 aliphatic rings. The number of nitrogens with two attached hydrogens (primary N) is 1. The van der Waals surface area contributed by atoms with E-state index < -0.39 is 24.3 Å². The number of carbonyl (C=O) groups excluding carboxylic acids is 1. The highest BCUT2D eigenvalue weighted by Gasteiger charge is 2.50. The molecule has 1 rings (SSSR count). The highest BCUT2D eigenvalue weighted by atomic mass is 35.5. The Balaban J connectivity index is 0.00000256. The van der Waals surface area contributed by atoms with Crippen molar-refractivity contribution in [3.05, 3.63) is 0 Å². The van der Waals surface area contributed by atoms with E-state index in [2.05, 4.69) is 0 Å². The fraction of sp³-hybridized carbons (Fsp3) is 0.889. The molecule has 0 aromatic rings. The van der Waals surface area contributed by atoms with Crippen LogP contribution >= 0.6 is 12.4 Å². The maximum Gasteiger partial charge on any atom is 0.383 e. The molecule has 0 aliphatic heterocycles. The van der Waals surface area contributed by atoms with E-state index in [1.807, 2.05) is 5.32 Å². The molecule has 2 atom stereocenters. The normalized spacial score (nSPS) is 24.6. The Kier molecular flexibility index (Phi) is 6.18. The Morgan fingerprint density at radius 1 is 1.41 bits per heavy atom. The third-order valence-electron chi connectivity index (χ3n) is 2.86. The molecule has 3 N–H and O–H groups in total. The highest BCUT2D eigenvalue weighted by molar-refractivity contribution is 5.85. The maximum absolute atomic E-state index is 12.6. The van der Waals surface area contributed by atoms with E-state index in [0.29, 0.717) is 6.42 Å². The molecule has 0 spiro atoms. The number of nitrogens with one attached hydrogen (secondary N) is 1. The van der Waals surface area contributed by atoms with Crippen molar-refractivity contribution in [2.75, 3.05) is 6.54 Å². The van der Waals surface area contributed by atoms with Crippen LogP contribution in [0.5, 0.6) is 0 Å². The van der Waals surface area contributed by atoms with Gasteiger partial charge in [0.05, 0.1) is 0 Å². The lowest BCUT2D eigenvalue weighted by Crippen LogP contribution is -2.50. The van der Waals surface area contributed by atoms with E-state index in [-0.39, 0.29) is 24.9 Å². The van der Waals surface area contributed by atoms with Gasteiger partial charge in [-0.05, 0) is 25.3 Å². The Morgan fingerprint density at radius 3 is 2.47 bits per heavy atom. The van der Waals surface area contributed by atoms with Crippen LogP contribution in [0.4, 0.5) is 17.6 Å². The van der Waals surface area contributed by atoms with Crippen molar-refractivity contribution >= 4 is 18.3 Å². The topological polar surface area (TPSA) is 55.1 Å². The number of alkyl halides is 4. The Bertz CT molecular complexity index is 265. The number of halogens is 5. The first-order valence-electron chi connectivity index (χ1n) is 5.06. The summed E-state index contributed by atoms with van der Waals surface area (Å²) in [5.74, 6) is -6.63. The van der Waals surface area contributed by atoms with E-state index in [0.717, 1.165) is 12.8 Å². The average Bonchev–Trinajstić information content (AvgIpc) is 2.64. The molecule has 8 heteroatoms. The fourth-order valence-corrected chi connectivity index (χ4v) is 1.87. The van der Waals surface area contributed by atoms with E-state index in [1.54, 1.807) is 0 Å². The van der Waals surface area contributed by atoms with Crippen molar-refractivity contribution in [2.45, 2.75) is 37.7 Å². The molecule has 0 radical (unpaired) electrons. The Morgan fingerprint density at radius 2 is 2.00 bits per heavy atom.